The van der Waals surface area contributed by atoms with Gasteiger partial charge in [-0.3, -0.25) is 4.55 Å². The van der Waals surface area contributed by atoms with Crippen molar-refractivity contribution in [3.05, 3.63) is 71.2 Å². The van der Waals surface area contributed by atoms with E-state index in [9.17, 15) is 13.2 Å². The zero-order valence-corrected chi connectivity index (χ0v) is 18.3. The first-order chi connectivity index (χ1) is 14.8. The molecule has 9 heteroatoms. The van der Waals surface area contributed by atoms with Crippen LogP contribution in [0.2, 0.25) is 0 Å². The lowest BCUT2D eigenvalue weighted by molar-refractivity contribution is 0.481. The second-order valence-electron chi connectivity index (χ2n) is 7.13. The predicted octanol–water partition coefficient (Wildman–Crippen LogP) is 4.30. The van der Waals surface area contributed by atoms with Crippen LogP contribution in [0.5, 0.6) is 0 Å². The Morgan fingerprint density at radius 3 is 2.65 bits per heavy atom. The first-order valence-electron chi connectivity index (χ1n) is 9.56. The molecule has 0 atom stereocenters. The van der Waals surface area contributed by atoms with Gasteiger partial charge < -0.3 is 9.32 Å². The molecule has 0 saturated heterocycles. The number of fused-ring (bicyclic) bond motifs is 1. The van der Waals surface area contributed by atoms with Gasteiger partial charge in [0.2, 0.25) is 0 Å². The summed E-state index contributed by atoms with van der Waals surface area (Å²) in [5, 5.41) is 1.36. The van der Waals surface area contributed by atoms with Crippen molar-refractivity contribution in [3.8, 4) is 21.0 Å². The van der Waals surface area contributed by atoms with Crippen LogP contribution >= 0.6 is 11.3 Å². The van der Waals surface area contributed by atoms with E-state index in [4.69, 9.17) is 8.97 Å². The van der Waals surface area contributed by atoms with E-state index in [1.165, 1.54) is 11.3 Å². The fraction of sp³-hybridized carbons (Fsp3) is 0.182. The minimum Gasteiger partial charge on any atom is -0.422 e. The van der Waals surface area contributed by atoms with E-state index in [-0.39, 0.29) is 12.2 Å². The summed E-state index contributed by atoms with van der Waals surface area (Å²) in [6, 6.07) is 17.1. The van der Waals surface area contributed by atoms with Gasteiger partial charge in [-0.05, 0) is 30.2 Å². The Morgan fingerprint density at radius 1 is 1.13 bits per heavy atom. The molecular formula is C22H20N2O5S2. The number of rotatable bonds is 7. The first-order valence-corrected chi connectivity index (χ1v) is 12.0. The van der Waals surface area contributed by atoms with E-state index in [2.05, 4.69) is 4.98 Å². The van der Waals surface area contributed by atoms with Crippen LogP contribution in [0.3, 0.4) is 0 Å². The Bertz CT molecular complexity index is 1380. The zero-order chi connectivity index (χ0) is 22.0. The Kier molecular flexibility index (Phi) is 5.90. The molecule has 0 saturated carbocycles. The van der Waals surface area contributed by atoms with E-state index in [1.54, 1.807) is 25.4 Å². The summed E-state index contributed by atoms with van der Waals surface area (Å²) >= 11 is 1.43. The molecule has 2 aromatic carbocycles. The van der Waals surface area contributed by atoms with Gasteiger partial charge in [0.25, 0.3) is 10.1 Å². The third-order valence-corrected chi connectivity index (χ3v) is 6.73. The Balaban J connectivity index is 1.59. The highest BCUT2D eigenvalue weighted by Gasteiger charge is 2.14. The van der Waals surface area contributed by atoms with Gasteiger partial charge in [-0.1, -0.05) is 30.3 Å². The largest absolute Gasteiger partial charge is 0.422 e. The summed E-state index contributed by atoms with van der Waals surface area (Å²) in [4.78, 5) is 19.9. The van der Waals surface area contributed by atoms with E-state index in [0.717, 1.165) is 21.5 Å². The average Bonchev–Trinajstić information content (AvgIpc) is 3.22. The van der Waals surface area contributed by atoms with Crippen molar-refractivity contribution in [2.24, 2.45) is 0 Å². The van der Waals surface area contributed by atoms with Gasteiger partial charge in [0.15, 0.2) is 0 Å². The van der Waals surface area contributed by atoms with Gasteiger partial charge in [-0.15, -0.1) is 11.3 Å². The fourth-order valence-corrected chi connectivity index (χ4v) is 4.65. The minimum absolute atomic E-state index is 0.282. The molecule has 0 bridgehead atoms. The summed E-state index contributed by atoms with van der Waals surface area (Å²) in [7, 11) is -2.18. The van der Waals surface area contributed by atoms with Crippen LogP contribution < -0.4 is 10.5 Å². The van der Waals surface area contributed by atoms with Gasteiger partial charge in [-0.25, -0.2) is 9.78 Å². The maximum atomic E-state index is 12.6. The molecule has 2 heterocycles. The smallest absolute Gasteiger partial charge is 0.346 e. The van der Waals surface area contributed by atoms with Crippen LogP contribution in [-0.2, 0) is 10.1 Å². The van der Waals surface area contributed by atoms with Crippen molar-refractivity contribution in [1.82, 2.24) is 4.98 Å². The van der Waals surface area contributed by atoms with Crippen LogP contribution in [0.1, 0.15) is 6.42 Å². The second-order valence-corrected chi connectivity index (χ2v) is 9.73. The SMILES string of the molecule is CN(CCCS(=O)(=O)O)c1ccc2cc(-c3ncc(-c4ccccc4)s3)c(=O)oc2c1. The lowest BCUT2D eigenvalue weighted by atomic mass is 10.1. The Hall–Kier alpha value is -3.01. The number of benzene rings is 2. The van der Waals surface area contributed by atoms with Gasteiger partial charge >= 0.3 is 5.63 Å². The molecule has 7 nitrogen and oxygen atoms in total. The summed E-state index contributed by atoms with van der Waals surface area (Å²) < 4.78 is 36.2. The highest BCUT2D eigenvalue weighted by atomic mass is 32.2. The molecule has 0 aliphatic carbocycles. The zero-order valence-electron chi connectivity index (χ0n) is 16.7. The summed E-state index contributed by atoms with van der Waals surface area (Å²) in [5.41, 5.74) is 2.20. The maximum absolute atomic E-state index is 12.6. The fourth-order valence-electron chi connectivity index (χ4n) is 3.23. The number of aromatic nitrogens is 1. The molecule has 0 unspecified atom stereocenters. The van der Waals surface area contributed by atoms with E-state index < -0.39 is 15.7 Å². The number of hydrogen-bond acceptors (Lipinski definition) is 7. The Labute approximate surface area is 183 Å². The van der Waals surface area contributed by atoms with Crippen molar-refractivity contribution in [1.29, 1.82) is 0 Å². The topological polar surface area (TPSA) is 101 Å². The molecule has 31 heavy (non-hydrogen) atoms. The number of anilines is 1. The molecule has 0 fully saturated rings. The monoisotopic (exact) mass is 456 g/mol. The standard InChI is InChI=1S/C22H20N2O5S2/c1-24(10-5-11-31(26,27)28)17-9-8-16-12-18(22(25)29-19(16)13-17)21-23-14-20(30-21)15-6-3-2-4-7-15/h2-4,6-9,12-14H,5,10-11H2,1H3,(H,26,27,28). The van der Waals surface area contributed by atoms with E-state index in [1.807, 2.05) is 47.4 Å². The molecule has 4 aromatic rings. The molecule has 0 spiro atoms. The predicted molar refractivity (Wildman–Crippen MR) is 123 cm³/mol. The van der Waals surface area contributed by atoms with Gasteiger partial charge in [0, 0.05) is 36.9 Å². The van der Waals surface area contributed by atoms with Gasteiger partial charge in [0.1, 0.15) is 10.6 Å². The maximum Gasteiger partial charge on any atom is 0.346 e. The third kappa shape index (κ3) is 5.01. The van der Waals surface area contributed by atoms with Crippen molar-refractivity contribution >= 4 is 38.1 Å². The van der Waals surface area contributed by atoms with Crippen LogP contribution in [0.15, 0.2) is 70.0 Å². The van der Waals surface area contributed by atoms with Crippen LogP contribution in [-0.4, -0.2) is 37.3 Å². The van der Waals surface area contributed by atoms with Crippen molar-refractivity contribution in [2.75, 3.05) is 24.2 Å². The number of nitrogens with zero attached hydrogens (tertiary/aromatic N) is 2. The molecule has 1 N–H and O–H groups in total. The number of hydrogen-bond donors (Lipinski definition) is 1. The summed E-state index contributed by atoms with van der Waals surface area (Å²) in [5.74, 6) is -0.303. The lowest BCUT2D eigenvalue weighted by Gasteiger charge is -2.19. The summed E-state index contributed by atoms with van der Waals surface area (Å²) in [6.45, 7) is 0.426. The van der Waals surface area contributed by atoms with Gasteiger partial charge in [-0.2, -0.15) is 8.42 Å². The first kappa shape index (κ1) is 21.2. The molecule has 0 radical (unpaired) electrons. The minimum atomic E-state index is -3.98. The van der Waals surface area contributed by atoms with Crippen molar-refractivity contribution in [3.63, 3.8) is 0 Å². The van der Waals surface area contributed by atoms with Crippen molar-refractivity contribution in [2.45, 2.75) is 6.42 Å². The molecule has 0 amide bonds. The Morgan fingerprint density at radius 2 is 1.90 bits per heavy atom. The van der Waals surface area contributed by atoms with E-state index >= 15 is 0 Å². The molecule has 4 rings (SSSR count). The molecule has 0 aliphatic heterocycles. The van der Waals surface area contributed by atoms with Crippen LogP contribution in [0.25, 0.3) is 32.0 Å². The van der Waals surface area contributed by atoms with Crippen molar-refractivity contribution < 1.29 is 17.4 Å². The molecule has 2 aromatic heterocycles. The summed E-state index contributed by atoms with van der Waals surface area (Å²) in [6.07, 6.45) is 2.04. The highest BCUT2D eigenvalue weighted by molar-refractivity contribution is 7.85. The molecular weight excluding hydrogens is 436 g/mol. The van der Waals surface area contributed by atoms with Crippen LogP contribution in [0, 0.1) is 0 Å². The average molecular weight is 457 g/mol. The molecule has 160 valence electrons. The van der Waals surface area contributed by atoms with Gasteiger partial charge in [0.05, 0.1) is 16.2 Å². The van der Waals surface area contributed by atoms with E-state index in [0.29, 0.717) is 22.7 Å². The second kappa shape index (κ2) is 8.62. The highest BCUT2D eigenvalue weighted by Crippen LogP contribution is 2.32. The van der Waals surface area contributed by atoms with Crippen LogP contribution in [0.4, 0.5) is 5.69 Å². The normalized spacial score (nSPS) is 11.7. The number of thiazole rings is 1. The quantitative estimate of drug-likeness (QED) is 0.327. The lowest BCUT2D eigenvalue weighted by Crippen LogP contribution is -2.21. The molecule has 0 aliphatic rings. The third-order valence-electron chi connectivity index (χ3n) is 4.85.